The largest absolute Gasteiger partial charge is 0.0991 e. The van der Waals surface area contributed by atoms with Crippen LogP contribution in [0.3, 0.4) is 0 Å². The van der Waals surface area contributed by atoms with Crippen molar-refractivity contribution in [1.29, 1.82) is 0 Å². The second-order valence-electron chi connectivity index (χ2n) is 2.81. The van der Waals surface area contributed by atoms with E-state index in [1.165, 1.54) is 4.90 Å². The highest BCUT2D eigenvalue weighted by Crippen LogP contribution is 2.26. The summed E-state index contributed by atoms with van der Waals surface area (Å²) in [5, 5.41) is 0. The first-order valence-electron chi connectivity index (χ1n) is 4.71. The zero-order chi connectivity index (χ0) is 10.9. The van der Waals surface area contributed by atoms with E-state index in [2.05, 4.69) is 25.3 Å². The van der Waals surface area contributed by atoms with Crippen LogP contribution in [-0.4, -0.2) is 0 Å². The van der Waals surface area contributed by atoms with E-state index in [1.54, 1.807) is 17.8 Å². The number of benzene rings is 1. The van der Waals surface area contributed by atoms with Crippen LogP contribution in [0.2, 0.25) is 0 Å². The third kappa shape index (κ3) is 4.52. The van der Waals surface area contributed by atoms with Crippen molar-refractivity contribution in [2.75, 3.05) is 0 Å². The molecule has 0 heterocycles. The van der Waals surface area contributed by atoms with Crippen LogP contribution in [0.25, 0.3) is 0 Å². The summed E-state index contributed by atoms with van der Waals surface area (Å²) in [6, 6.07) is 10.2. The summed E-state index contributed by atoms with van der Waals surface area (Å²) in [7, 11) is 0. The molecule has 0 atom stereocenters. The van der Waals surface area contributed by atoms with E-state index < -0.39 is 0 Å². The van der Waals surface area contributed by atoms with Crippen molar-refractivity contribution in [3.63, 3.8) is 0 Å². The quantitative estimate of drug-likeness (QED) is 0.510. The standard InChI is InChI=1S/C14H14S/c1-3-5-7-10-13(4-2)15-14-11-8-6-9-12-14/h3-12H,1-2H2/b7-5-,13-10+. The van der Waals surface area contributed by atoms with Crippen molar-refractivity contribution in [3.05, 3.63) is 78.8 Å². The maximum absolute atomic E-state index is 3.79. The van der Waals surface area contributed by atoms with Crippen molar-refractivity contribution in [1.82, 2.24) is 0 Å². The molecule has 0 N–H and O–H groups in total. The van der Waals surface area contributed by atoms with Crippen LogP contribution in [0.5, 0.6) is 0 Å². The zero-order valence-corrected chi connectivity index (χ0v) is 9.41. The molecule has 0 aromatic heterocycles. The lowest BCUT2D eigenvalue weighted by molar-refractivity contribution is 1.47. The smallest absolute Gasteiger partial charge is 0.0122 e. The molecule has 0 bridgehead atoms. The van der Waals surface area contributed by atoms with Gasteiger partial charge in [-0.15, -0.1) is 0 Å². The van der Waals surface area contributed by atoms with Gasteiger partial charge in [0, 0.05) is 9.80 Å². The Morgan fingerprint density at radius 3 is 2.40 bits per heavy atom. The Kier molecular flexibility index (Phi) is 5.34. The van der Waals surface area contributed by atoms with Crippen molar-refractivity contribution < 1.29 is 0 Å². The number of hydrogen-bond acceptors (Lipinski definition) is 1. The number of thioether (sulfide) groups is 1. The molecule has 0 aliphatic carbocycles. The van der Waals surface area contributed by atoms with Gasteiger partial charge in [0.15, 0.2) is 0 Å². The van der Waals surface area contributed by atoms with Crippen LogP contribution in [0.1, 0.15) is 0 Å². The summed E-state index contributed by atoms with van der Waals surface area (Å²) >= 11 is 1.70. The lowest BCUT2D eigenvalue weighted by atomic mass is 10.4. The van der Waals surface area contributed by atoms with Gasteiger partial charge >= 0.3 is 0 Å². The highest BCUT2D eigenvalue weighted by molar-refractivity contribution is 8.03. The Balaban J connectivity index is 2.69. The number of hydrogen-bond donors (Lipinski definition) is 0. The monoisotopic (exact) mass is 214 g/mol. The molecule has 0 saturated heterocycles. The highest BCUT2D eigenvalue weighted by atomic mass is 32.2. The van der Waals surface area contributed by atoms with Gasteiger partial charge in [-0.1, -0.05) is 67.4 Å². The predicted octanol–water partition coefficient (Wildman–Crippen LogP) is 4.59. The number of allylic oxidation sites excluding steroid dienone is 5. The fraction of sp³-hybridized carbons (Fsp3) is 0. The zero-order valence-electron chi connectivity index (χ0n) is 8.60. The van der Waals surface area contributed by atoms with Crippen LogP contribution in [0, 0.1) is 0 Å². The average molecular weight is 214 g/mol. The first kappa shape index (κ1) is 11.6. The fourth-order valence-corrected chi connectivity index (χ4v) is 1.79. The summed E-state index contributed by atoms with van der Waals surface area (Å²) < 4.78 is 0. The van der Waals surface area contributed by atoms with E-state index in [-0.39, 0.29) is 0 Å². The lowest BCUT2D eigenvalue weighted by Gasteiger charge is -2.00. The van der Waals surface area contributed by atoms with Gasteiger partial charge in [0.05, 0.1) is 0 Å². The van der Waals surface area contributed by atoms with E-state index in [4.69, 9.17) is 0 Å². The maximum Gasteiger partial charge on any atom is 0.0122 e. The first-order chi connectivity index (χ1) is 7.36. The summed E-state index contributed by atoms with van der Waals surface area (Å²) in [5.41, 5.74) is 0. The van der Waals surface area contributed by atoms with Gasteiger partial charge in [-0.05, 0) is 18.2 Å². The van der Waals surface area contributed by atoms with Crippen molar-refractivity contribution in [3.8, 4) is 0 Å². The van der Waals surface area contributed by atoms with Gasteiger partial charge in [-0.3, -0.25) is 0 Å². The average Bonchev–Trinajstić information content (AvgIpc) is 2.29. The van der Waals surface area contributed by atoms with Gasteiger partial charge in [-0.25, -0.2) is 0 Å². The van der Waals surface area contributed by atoms with Crippen LogP contribution in [0.15, 0.2) is 83.7 Å². The van der Waals surface area contributed by atoms with Crippen LogP contribution >= 0.6 is 11.8 Å². The second-order valence-corrected chi connectivity index (χ2v) is 3.96. The van der Waals surface area contributed by atoms with E-state index >= 15 is 0 Å². The molecule has 1 heteroatoms. The molecule has 15 heavy (non-hydrogen) atoms. The van der Waals surface area contributed by atoms with Gasteiger partial charge < -0.3 is 0 Å². The number of rotatable bonds is 5. The minimum absolute atomic E-state index is 1.12. The SMILES string of the molecule is C=C/C=C\C=C(/C=C)Sc1ccccc1. The molecule has 0 unspecified atom stereocenters. The molecule has 0 amide bonds. The molecule has 0 fully saturated rings. The summed E-state index contributed by atoms with van der Waals surface area (Å²) in [5.74, 6) is 0. The van der Waals surface area contributed by atoms with Crippen LogP contribution in [0.4, 0.5) is 0 Å². The summed E-state index contributed by atoms with van der Waals surface area (Å²) in [6.07, 6.45) is 9.48. The van der Waals surface area contributed by atoms with E-state index in [9.17, 15) is 0 Å². The van der Waals surface area contributed by atoms with E-state index in [1.807, 2.05) is 42.5 Å². The molecule has 0 saturated carbocycles. The Bertz CT molecular complexity index is 372. The summed E-state index contributed by atoms with van der Waals surface area (Å²) in [4.78, 5) is 2.34. The Morgan fingerprint density at radius 1 is 1.07 bits per heavy atom. The maximum atomic E-state index is 3.79. The molecule has 0 aliphatic heterocycles. The minimum atomic E-state index is 1.12. The Hall–Kier alpha value is -1.47. The molecule has 0 spiro atoms. The predicted molar refractivity (Wildman–Crippen MR) is 69.9 cm³/mol. The Labute approximate surface area is 95.7 Å². The normalized spacial score (nSPS) is 11.6. The summed E-state index contributed by atoms with van der Waals surface area (Å²) in [6.45, 7) is 7.41. The van der Waals surface area contributed by atoms with Crippen LogP contribution < -0.4 is 0 Å². The van der Waals surface area contributed by atoms with Gasteiger partial charge in [0.1, 0.15) is 0 Å². The molecule has 0 nitrogen and oxygen atoms in total. The fourth-order valence-electron chi connectivity index (χ4n) is 0.997. The minimum Gasteiger partial charge on any atom is -0.0991 e. The highest BCUT2D eigenvalue weighted by Gasteiger charge is 1.93. The molecule has 1 rings (SSSR count). The molecular formula is C14H14S. The van der Waals surface area contributed by atoms with Gasteiger partial charge in [0.2, 0.25) is 0 Å². The topological polar surface area (TPSA) is 0 Å². The molecule has 0 radical (unpaired) electrons. The molecule has 1 aromatic rings. The van der Waals surface area contributed by atoms with Crippen molar-refractivity contribution >= 4 is 11.8 Å². The van der Waals surface area contributed by atoms with Crippen molar-refractivity contribution in [2.24, 2.45) is 0 Å². The third-order valence-corrected chi connectivity index (χ3v) is 2.73. The van der Waals surface area contributed by atoms with E-state index in [0.29, 0.717) is 0 Å². The van der Waals surface area contributed by atoms with Crippen molar-refractivity contribution in [2.45, 2.75) is 4.90 Å². The van der Waals surface area contributed by atoms with E-state index in [0.717, 1.165) is 4.91 Å². The lowest BCUT2D eigenvalue weighted by Crippen LogP contribution is -1.71. The second kappa shape index (κ2) is 6.91. The molecule has 1 aromatic carbocycles. The molecular weight excluding hydrogens is 200 g/mol. The van der Waals surface area contributed by atoms with Gasteiger partial charge in [-0.2, -0.15) is 0 Å². The first-order valence-corrected chi connectivity index (χ1v) is 5.53. The molecule has 76 valence electrons. The molecule has 0 aliphatic rings. The Morgan fingerprint density at radius 2 is 1.80 bits per heavy atom. The van der Waals surface area contributed by atoms with Crippen LogP contribution in [-0.2, 0) is 0 Å². The third-order valence-electron chi connectivity index (χ3n) is 1.69. The van der Waals surface area contributed by atoms with Gasteiger partial charge in [0.25, 0.3) is 0 Å².